The van der Waals surface area contributed by atoms with Crippen LogP contribution in [0.2, 0.25) is 0 Å². The van der Waals surface area contributed by atoms with Gasteiger partial charge in [0, 0.05) is 19.1 Å². The highest BCUT2D eigenvalue weighted by Crippen LogP contribution is 2.23. The fourth-order valence-corrected chi connectivity index (χ4v) is 3.12. The minimum absolute atomic E-state index is 0.255. The molecule has 0 saturated carbocycles. The SMILES string of the molecule is O=S1(=O)NC[C@@H]2CCCN21. The van der Waals surface area contributed by atoms with Crippen molar-refractivity contribution in [2.24, 2.45) is 0 Å². The number of rotatable bonds is 0. The molecule has 0 aromatic heterocycles. The van der Waals surface area contributed by atoms with E-state index >= 15 is 0 Å². The lowest BCUT2D eigenvalue weighted by Crippen LogP contribution is -2.29. The summed E-state index contributed by atoms with van der Waals surface area (Å²) in [6.45, 7) is 1.32. The predicted octanol–water partition coefficient (Wildman–Crippen LogP) is -0.701. The molecule has 5 heteroatoms. The number of hydrogen-bond acceptors (Lipinski definition) is 2. The molecule has 0 unspecified atom stereocenters. The van der Waals surface area contributed by atoms with Crippen molar-refractivity contribution in [3.8, 4) is 0 Å². The molecule has 2 saturated heterocycles. The fourth-order valence-electron chi connectivity index (χ4n) is 1.61. The Kier molecular flexibility index (Phi) is 1.27. The Labute approximate surface area is 60.4 Å². The van der Waals surface area contributed by atoms with Crippen molar-refractivity contribution < 1.29 is 8.42 Å². The average molecular weight is 162 g/mol. The summed E-state index contributed by atoms with van der Waals surface area (Å²) in [6.07, 6.45) is 2.04. The Morgan fingerprint density at radius 3 is 3.00 bits per heavy atom. The third kappa shape index (κ3) is 0.777. The van der Waals surface area contributed by atoms with E-state index in [0.29, 0.717) is 13.1 Å². The summed E-state index contributed by atoms with van der Waals surface area (Å²) in [4.78, 5) is 0. The molecule has 0 aliphatic carbocycles. The average Bonchev–Trinajstić information content (AvgIpc) is 2.36. The van der Waals surface area contributed by atoms with Crippen LogP contribution < -0.4 is 4.72 Å². The quantitative estimate of drug-likeness (QED) is 0.512. The molecule has 2 aliphatic rings. The number of nitrogens with zero attached hydrogens (tertiary/aromatic N) is 1. The first-order valence-electron chi connectivity index (χ1n) is 3.46. The van der Waals surface area contributed by atoms with Crippen molar-refractivity contribution in [3.05, 3.63) is 0 Å². The van der Waals surface area contributed by atoms with Crippen LogP contribution in [0.4, 0.5) is 0 Å². The summed E-state index contributed by atoms with van der Waals surface area (Å²) in [6, 6.07) is 0.255. The van der Waals surface area contributed by atoms with Crippen molar-refractivity contribution in [2.45, 2.75) is 18.9 Å². The molecule has 2 heterocycles. The lowest BCUT2D eigenvalue weighted by molar-refractivity contribution is 0.432. The van der Waals surface area contributed by atoms with Crippen LogP contribution in [0.3, 0.4) is 0 Å². The molecule has 2 fully saturated rings. The molecule has 2 aliphatic heterocycles. The van der Waals surface area contributed by atoms with E-state index in [0.717, 1.165) is 12.8 Å². The van der Waals surface area contributed by atoms with Crippen LogP contribution in [-0.4, -0.2) is 31.9 Å². The van der Waals surface area contributed by atoms with E-state index in [1.54, 1.807) is 4.31 Å². The smallest absolute Gasteiger partial charge is 0.200 e. The van der Waals surface area contributed by atoms with Gasteiger partial charge in [-0.2, -0.15) is 12.7 Å². The monoisotopic (exact) mass is 162 g/mol. The second-order valence-electron chi connectivity index (χ2n) is 2.76. The zero-order chi connectivity index (χ0) is 7.19. The molecule has 10 heavy (non-hydrogen) atoms. The summed E-state index contributed by atoms with van der Waals surface area (Å²) < 4.78 is 26.2. The van der Waals surface area contributed by atoms with Gasteiger partial charge in [-0.05, 0) is 12.8 Å². The highest BCUT2D eigenvalue weighted by molar-refractivity contribution is 7.87. The van der Waals surface area contributed by atoms with Gasteiger partial charge in [0.15, 0.2) is 0 Å². The van der Waals surface area contributed by atoms with E-state index in [9.17, 15) is 8.42 Å². The Hall–Kier alpha value is -0.130. The summed E-state index contributed by atoms with van der Waals surface area (Å²) in [5, 5.41) is 0. The fraction of sp³-hybridized carbons (Fsp3) is 1.00. The molecule has 4 nitrogen and oxygen atoms in total. The largest absolute Gasteiger partial charge is 0.279 e. The number of hydrogen-bond donors (Lipinski definition) is 1. The standard InChI is InChI=1S/C5H10N2O2S/c8-10(9)6-4-5-2-1-3-7(5)10/h5-6H,1-4H2/t5-/m0/s1. The summed E-state index contributed by atoms with van der Waals surface area (Å²) in [5.41, 5.74) is 0. The van der Waals surface area contributed by atoms with Crippen LogP contribution in [0.15, 0.2) is 0 Å². The van der Waals surface area contributed by atoms with Gasteiger partial charge in [0.05, 0.1) is 0 Å². The second kappa shape index (κ2) is 1.93. The van der Waals surface area contributed by atoms with E-state index in [2.05, 4.69) is 4.72 Å². The summed E-state index contributed by atoms with van der Waals surface area (Å²) in [5.74, 6) is 0. The van der Waals surface area contributed by atoms with Gasteiger partial charge in [-0.15, -0.1) is 0 Å². The van der Waals surface area contributed by atoms with Gasteiger partial charge in [-0.1, -0.05) is 0 Å². The molecular formula is C5H10N2O2S. The first-order valence-corrected chi connectivity index (χ1v) is 4.90. The zero-order valence-electron chi connectivity index (χ0n) is 5.58. The molecule has 0 amide bonds. The highest BCUT2D eigenvalue weighted by atomic mass is 32.2. The molecule has 1 N–H and O–H groups in total. The van der Waals surface area contributed by atoms with E-state index < -0.39 is 10.2 Å². The molecule has 0 aromatic rings. The van der Waals surface area contributed by atoms with Crippen LogP contribution in [0, 0.1) is 0 Å². The van der Waals surface area contributed by atoms with E-state index in [4.69, 9.17) is 0 Å². The van der Waals surface area contributed by atoms with Crippen LogP contribution in [-0.2, 0) is 10.2 Å². The minimum atomic E-state index is -3.04. The van der Waals surface area contributed by atoms with Crippen molar-refractivity contribution in [1.29, 1.82) is 0 Å². The third-order valence-corrected chi connectivity index (χ3v) is 3.76. The number of fused-ring (bicyclic) bond motifs is 1. The normalized spacial score (nSPS) is 38.2. The maximum Gasteiger partial charge on any atom is 0.279 e. The Morgan fingerprint density at radius 1 is 1.50 bits per heavy atom. The Bertz CT molecular complexity index is 236. The molecule has 0 aromatic carbocycles. The van der Waals surface area contributed by atoms with Gasteiger partial charge in [-0.3, -0.25) is 0 Å². The lowest BCUT2D eigenvalue weighted by atomic mass is 10.2. The molecule has 0 bridgehead atoms. The summed E-state index contributed by atoms with van der Waals surface area (Å²) >= 11 is 0. The van der Waals surface area contributed by atoms with Gasteiger partial charge >= 0.3 is 0 Å². The van der Waals surface area contributed by atoms with Crippen molar-refractivity contribution >= 4 is 10.2 Å². The van der Waals surface area contributed by atoms with Crippen molar-refractivity contribution in [3.63, 3.8) is 0 Å². The first-order chi connectivity index (χ1) is 4.70. The van der Waals surface area contributed by atoms with Crippen LogP contribution in [0.25, 0.3) is 0 Å². The second-order valence-corrected chi connectivity index (χ2v) is 4.47. The predicted molar refractivity (Wildman–Crippen MR) is 36.7 cm³/mol. The van der Waals surface area contributed by atoms with Crippen LogP contribution in [0.1, 0.15) is 12.8 Å². The van der Waals surface area contributed by atoms with Gasteiger partial charge in [0.2, 0.25) is 0 Å². The maximum absolute atomic E-state index is 11.1. The van der Waals surface area contributed by atoms with Crippen molar-refractivity contribution in [1.82, 2.24) is 9.03 Å². The minimum Gasteiger partial charge on any atom is -0.200 e. The highest BCUT2D eigenvalue weighted by Gasteiger charge is 2.39. The molecule has 0 spiro atoms. The van der Waals surface area contributed by atoms with Gasteiger partial charge in [0.25, 0.3) is 10.2 Å². The van der Waals surface area contributed by atoms with E-state index in [1.165, 1.54) is 0 Å². The third-order valence-electron chi connectivity index (χ3n) is 2.13. The van der Waals surface area contributed by atoms with Crippen LogP contribution in [0.5, 0.6) is 0 Å². The van der Waals surface area contributed by atoms with Gasteiger partial charge in [0.1, 0.15) is 0 Å². The molecule has 1 atom stereocenters. The van der Waals surface area contributed by atoms with Gasteiger partial charge < -0.3 is 0 Å². The van der Waals surface area contributed by atoms with E-state index in [-0.39, 0.29) is 6.04 Å². The Balaban J connectivity index is 2.32. The lowest BCUT2D eigenvalue weighted by Gasteiger charge is -2.09. The number of nitrogens with one attached hydrogen (secondary N) is 1. The Morgan fingerprint density at radius 2 is 2.30 bits per heavy atom. The zero-order valence-corrected chi connectivity index (χ0v) is 6.39. The van der Waals surface area contributed by atoms with Gasteiger partial charge in [-0.25, -0.2) is 4.72 Å². The molecular weight excluding hydrogens is 152 g/mol. The summed E-state index contributed by atoms with van der Waals surface area (Å²) in [7, 11) is -3.04. The molecule has 58 valence electrons. The molecule has 0 radical (unpaired) electrons. The maximum atomic E-state index is 11.1. The van der Waals surface area contributed by atoms with Crippen LogP contribution >= 0.6 is 0 Å². The molecule has 2 rings (SSSR count). The van der Waals surface area contributed by atoms with Crippen molar-refractivity contribution in [2.75, 3.05) is 13.1 Å². The van der Waals surface area contributed by atoms with E-state index in [1.807, 2.05) is 0 Å². The first kappa shape index (κ1) is 6.57. The topological polar surface area (TPSA) is 49.4 Å².